The quantitative estimate of drug-likeness (QED) is 0.347. The minimum absolute atomic E-state index is 0.128. The summed E-state index contributed by atoms with van der Waals surface area (Å²) in [6.45, 7) is 3.46. The summed E-state index contributed by atoms with van der Waals surface area (Å²) in [5.74, 6) is 1.02. The highest BCUT2D eigenvalue weighted by molar-refractivity contribution is 7.99. The molecule has 0 aliphatic heterocycles. The van der Waals surface area contributed by atoms with E-state index in [-0.39, 0.29) is 17.6 Å². The van der Waals surface area contributed by atoms with Gasteiger partial charge < -0.3 is 15.4 Å². The number of thioether (sulfide) groups is 1. The summed E-state index contributed by atoms with van der Waals surface area (Å²) in [5, 5.41) is 14.3. The second kappa shape index (κ2) is 10.7. The molecule has 2 amide bonds. The normalized spacial score (nSPS) is 10.5. The highest BCUT2D eigenvalue weighted by atomic mass is 32.2. The lowest BCUT2D eigenvalue weighted by molar-refractivity contribution is -0.114. The molecule has 0 unspecified atom stereocenters. The minimum Gasteiger partial charge on any atom is -0.455 e. The van der Waals surface area contributed by atoms with Gasteiger partial charge in [0.2, 0.25) is 11.8 Å². The number of hydrogen-bond donors (Lipinski definition) is 2. The van der Waals surface area contributed by atoms with E-state index in [4.69, 9.17) is 4.74 Å². The molecule has 0 spiro atoms. The number of nitrogens with one attached hydrogen (secondary N) is 2. The van der Waals surface area contributed by atoms with Crippen LogP contribution >= 0.6 is 11.8 Å². The predicted octanol–water partition coefficient (Wildman–Crippen LogP) is 5.06. The molecule has 172 valence electrons. The molecular formula is C25H23N5O3S. The topological polar surface area (TPSA) is 98.1 Å². The summed E-state index contributed by atoms with van der Waals surface area (Å²) >= 11 is 1.26. The van der Waals surface area contributed by atoms with E-state index >= 15 is 0 Å². The lowest BCUT2D eigenvalue weighted by Crippen LogP contribution is -2.15. The van der Waals surface area contributed by atoms with Crippen LogP contribution in [0.4, 0.5) is 11.4 Å². The van der Waals surface area contributed by atoms with Crippen LogP contribution < -0.4 is 15.4 Å². The number of rotatable bonds is 8. The van der Waals surface area contributed by atoms with Gasteiger partial charge in [-0.05, 0) is 49.4 Å². The van der Waals surface area contributed by atoms with Crippen molar-refractivity contribution in [3.63, 3.8) is 0 Å². The fourth-order valence-corrected chi connectivity index (χ4v) is 3.87. The summed E-state index contributed by atoms with van der Waals surface area (Å²) in [4.78, 5) is 24.0. The molecule has 0 aliphatic rings. The van der Waals surface area contributed by atoms with Gasteiger partial charge >= 0.3 is 0 Å². The minimum atomic E-state index is -0.202. The largest absolute Gasteiger partial charge is 0.455 e. The van der Waals surface area contributed by atoms with Gasteiger partial charge in [0.15, 0.2) is 10.9 Å². The maximum Gasteiger partial charge on any atom is 0.234 e. The Balaban J connectivity index is 1.41. The summed E-state index contributed by atoms with van der Waals surface area (Å²) in [6, 6.07) is 22.3. The van der Waals surface area contributed by atoms with Crippen LogP contribution in [0.15, 0.2) is 84.3 Å². The SMILES string of the molecule is CC(=O)Nc1cccc(-n2cnnc2SCC(=O)Nc2ccccc2Oc2ccc(C)cc2)c1. The van der Waals surface area contributed by atoms with Gasteiger partial charge in [0.25, 0.3) is 0 Å². The highest BCUT2D eigenvalue weighted by Crippen LogP contribution is 2.30. The Hall–Kier alpha value is -4.11. The first kappa shape index (κ1) is 23.1. The van der Waals surface area contributed by atoms with E-state index in [0.29, 0.717) is 28.0 Å². The number of amides is 2. The molecular weight excluding hydrogens is 450 g/mol. The van der Waals surface area contributed by atoms with Crippen LogP contribution in [-0.2, 0) is 9.59 Å². The Morgan fingerprint density at radius 2 is 1.79 bits per heavy atom. The Labute approximate surface area is 201 Å². The molecule has 0 fully saturated rings. The molecule has 1 heterocycles. The number of nitrogens with zero attached hydrogens (tertiary/aromatic N) is 3. The van der Waals surface area contributed by atoms with Crippen molar-refractivity contribution in [3.8, 4) is 17.2 Å². The third-order valence-electron chi connectivity index (χ3n) is 4.70. The van der Waals surface area contributed by atoms with Gasteiger partial charge in [0.1, 0.15) is 12.1 Å². The van der Waals surface area contributed by atoms with E-state index in [2.05, 4.69) is 20.8 Å². The first-order valence-electron chi connectivity index (χ1n) is 10.5. The van der Waals surface area contributed by atoms with E-state index in [9.17, 15) is 9.59 Å². The zero-order valence-electron chi connectivity index (χ0n) is 18.7. The highest BCUT2D eigenvalue weighted by Gasteiger charge is 2.13. The van der Waals surface area contributed by atoms with Gasteiger partial charge in [-0.15, -0.1) is 10.2 Å². The van der Waals surface area contributed by atoms with Crippen LogP contribution in [0.2, 0.25) is 0 Å². The first-order valence-corrected chi connectivity index (χ1v) is 11.5. The van der Waals surface area contributed by atoms with E-state index in [0.717, 1.165) is 11.3 Å². The third kappa shape index (κ3) is 6.02. The number of benzene rings is 3. The fraction of sp³-hybridized carbons (Fsp3) is 0.120. The maximum absolute atomic E-state index is 12.7. The monoisotopic (exact) mass is 473 g/mol. The average molecular weight is 474 g/mol. The van der Waals surface area contributed by atoms with Crippen LogP contribution in [0.1, 0.15) is 12.5 Å². The molecule has 4 rings (SSSR count). The number of hydrogen-bond acceptors (Lipinski definition) is 6. The smallest absolute Gasteiger partial charge is 0.234 e. The van der Waals surface area contributed by atoms with Crippen LogP contribution in [0.25, 0.3) is 5.69 Å². The van der Waals surface area contributed by atoms with Crippen molar-refractivity contribution in [1.82, 2.24) is 14.8 Å². The lowest BCUT2D eigenvalue weighted by atomic mass is 10.2. The molecule has 0 bridgehead atoms. The van der Waals surface area contributed by atoms with Gasteiger partial charge in [0, 0.05) is 12.6 Å². The summed E-state index contributed by atoms with van der Waals surface area (Å²) < 4.78 is 7.72. The molecule has 34 heavy (non-hydrogen) atoms. The molecule has 9 heteroatoms. The van der Waals surface area contributed by atoms with Crippen molar-refractivity contribution in [2.75, 3.05) is 16.4 Å². The van der Waals surface area contributed by atoms with Gasteiger partial charge in [-0.2, -0.15) is 0 Å². The average Bonchev–Trinajstić information content (AvgIpc) is 3.29. The predicted molar refractivity (Wildman–Crippen MR) is 133 cm³/mol. The molecule has 0 saturated carbocycles. The molecule has 3 aromatic carbocycles. The Morgan fingerprint density at radius 1 is 1.00 bits per heavy atom. The molecule has 0 aliphatic carbocycles. The van der Waals surface area contributed by atoms with Crippen molar-refractivity contribution < 1.29 is 14.3 Å². The number of ether oxygens (including phenoxy) is 1. The van der Waals surface area contributed by atoms with Crippen LogP contribution in [0.5, 0.6) is 11.5 Å². The lowest BCUT2D eigenvalue weighted by Gasteiger charge is -2.12. The van der Waals surface area contributed by atoms with E-state index in [1.54, 1.807) is 29.1 Å². The van der Waals surface area contributed by atoms with Crippen molar-refractivity contribution in [3.05, 3.63) is 84.7 Å². The van der Waals surface area contributed by atoms with Crippen LogP contribution in [0, 0.1) is 6.92 Å². The molecule has 0 radical (unpaired) electrons. The Kier molecular flexibility index (Phi) is 7.24. The molecule has 1 aromatic heterocycles. The Morgan fingerprint density at radius 3 is 2.59 bits per heavy atom. The number of carbonyl (C=O) groups is 2. The van der Waals surface area contributed by atoms with Gasteiger partial charge in [-0.3, -0.25) is 14.2 Å². The standard InChI is InChI=1S/C25H23N5O3S/c1-17-10-12-21(13-11-17)33-23-9-4-3-8-22(23)28-24(32)15-34-25-29-26-16-30(25)20-7-5-6-19(14-20)27-18(2)31/h3-14,16H,15H2,1-2H3,(H,27,31)(H,28,32). The Bertz CT molecular complexity index is 1300. The number of anilines is 2. The van der Waals surface area contributed by atoms with Gasteiger partial charge in [-0.25, -0.2) is 0 Å². The van der Waals surface area contributed by atoms with Crippen molar-refractivity contribution >= 4 is 35.0 Å². The van der Waals surface area contributed by atoms with Crippen molar-refractivity contribution in [2.45, 2.75) is 19.0 Å². The second-order valence-corrected chi connectivity index (χ2v) is 8.41. The molecule has 0 saturated heterocycles. The summed E-state index contributed by atoms with van der Waals surface area (Å²) in [6.07, 6.45) is 1.57. The summed E-state index contributed by atoms with van der Waals surface area (Å²) in [7, 11) is 0. The molecule has 4 aromatic rings. The number of aromatic nitrogens is 3. The zero-order valence-corrected chi connectivity index (χ0v) is 19.5. The van der Waals surface area contributed by atoms with E-state index in [1.807, 2.05) is 61.5 Å². The van der Waals surface area contributed by atoms with Gasteiger partial charge in [0.05, 0.1) is 17.1 Å². The second-order valence-electron chi connectivity index (χ2n) is 7.46. The zero-order chi connectivity index (χ0) is 23.9. The van der Waals surface area contributed by atoms with Crippen LogP contribution in [0.3, 0.4) is 0 Å². The number of para-hydroxylation sites is 2. The molecule has 8 nitrogen and oxygen atoms in total. The van der Waals surface area contributed by atoms with E-state index < -0.39 is 0 Å². The number of carbonyl (C=O) groups excluding carboxylic acids is 2. The van der Waals surface area contributed by atoms with Crippen LogP contribution in [-0.4, -0.2) is 32.3 Å². The summed E-state index contributed by atoms with van der Waals surface area (Å²) in [5.41, 5.74) is 3.16. The molecule has 0 atom stereocenters. The first-order chi connectivity index (χ1) is 16.5. The van der Waals surface area contributed by atoms with Gasteiger partial charge in [-0.1, -0.05) is 47.7 Å². The van der Waals surface area contributed by atoms with Crippen molar-refractivity contribution in [2.24, 2.45) is 0 Å². The number of aryl methyl sites for hydroxylation is 1. The molecule has 2 N–H and O–H groups in total. The maximum atomic E-state index is 12.7. The van der Waals surface area contributed by atoms with Crippen molar-refractivity contribution in [1.29, 1.82) is 0 Å². The third-order valence-corrected chi connectivity index (χ3v) is 5.65. The fourth-order valence-electron chi connectivity index (χ4n) is 3.15. The van der Waals surface area contributed by atoms with E-state index in [1.165, 1.54) is 18.7 Å².